The smallest absolute Gasteiger partial charge is 0.324 e. The summed E-state index contributed by atoms with van der Waals surface area (Å²) in [5.74, 6) is -6.94. The number of carbonyl (C=O) groups excluding carboxylic acids is 2. The zero-order valence-corrected chi connectivity index (χ0v) is 19.6. The Balaban J connectivity index is 1.77. The van der Waals surface area contributed by atoms with Gasteiger partial charge in [-0.05, 0) is 42.0 Å². The van der Waals surface area contributed by atoms with Crippen molar-refractivity contribution in [1.29, 1.82) is 0 Å². The summed E-state index contributed by atoms with van der Waals surface area (Å²) in [6.45, 7) is 1.18. The minimum absolute atomic E-state index is 0.0279. The van der Waals surface area contributed by atoms with Gasteiger partial charge < -0.3 is 10.6 Å². The largest absolute Gasteiger partial charge is 0.326 e. The molecule has 2 aromatic carbocycles. The molecule has 1 aliphatic carbocycles. The summed E-state index contributed by atoms with van der Waals surface area (Å²) in [6, 6.07) is 8.85. The number of alkyl halides is 4. The highest BCUT2D eigenvalue weighted by molar-refractivity contribution is 6.53. The molecule has 0 saturated heterocycles. The summed E-state index contributed by atoms with van der Waals surface area (Å²) in [7, 11) is 0. The average molecular weight is 531 g/mol. The molecule has 0 aliphatic heterocycles. The van der Waals surface area contributed by atoms with Crippen LogP contribution in [0.3, 0.4) is 0 Å². The molecule has 2 amide bonds. The lowest BCUT2D eigenvalue weighted by atomic mass is 10.1. The maximum atomic E-state index is 13.6. The van der Waals surface area contributed by atoms with Crippen LogP contribution in [0.2, 0.25) is 15.1 Å². The fraction of sp³-hybridized carbons (Fsp3) is 0.300. The van der Waals surface area contributed by atoms with E-state index in [9.17, 15) is 18.4 Å². The molecule has 166 valence electrons. The van der Waals surface area contributed by atoms with Crippen molar-refractivity contribution < 1.29 is 18.4 Å². The number of nitrogens with one attached hydrogen (secondary N) is 2. The zero-order chi connectivity index (χ0) is 23.1. The van der Waals surface area contributed by atoms with Crippen molar-refractivity contribution in [2.24, 2.45) is 5.92 Å². The highest BCUT2D eigenvalue weighted by Gasteiger charge is 2.67. The number of amides is 2. The van der Waals surface area contributed by atoms with Crippen molar-refractivity contribution in [2.45, 2.75) is 29.5 Å². The molecule has 2 N–H and O–H groups in total. The van der Waals surface area contributed by atoms with Gasteiger partial charge in [-0.1, -0.05) is 41.7 Å². The molecule has 11 heteroatoms. The van der Waals surface area contributed by atoms with E-state index in [-0.39, 0.29) is 16.4 Å². The molecule has 1 saturated carbocycles. The molecular formula is C20H15Cl5F2N2O2. The van der Waals surface area contributed by atoms with Crippen LogP contribution in [0, 0.1) is 5.92 Å². The number of hydrogen-bond acceptors (Lipinski definition) is 2. The lowest BCUT2D eigenvalue weighted by molar-refractivity contribution is -0.139. The Kier molecular flexibility index (Phi) is 6.99. The van der Waals surface area contributed by atoms with Crippen molar-refractivity contribution >= 4 is 81.2 Å². The van der Waals surface area contributed by atoms with Gasteiger partial charge >= 0.3 is 5.92 Å². The molecule has 2 aromatic rings. The van der Waals surface area contributed by atoms with Crippen LogP contribution in [0.4, 0.5) is 20.2 Å². The Hall–Kier alpha value is -1.31. The van der Waals surface area contributed by atoms with E-state index < -0.39 is 40.3 Å². The molecule has 4 nitrogen and oxygen atoms in total. The van der Waals surface area contributed by atoms with Gasteiger partial charge in [-0.25, -0.2) is 0 Å². The molecule has 0 heterocycles. The van der Waals surface area contributed by atoms with Crippen molar-refractivity contribution in [2.75, 3.05) is 10.6 Å². The molecule has 0 bridgehead atoms. The first kappa shape index (κ1) is 24.3. The first-order chi connectivity index (χ1) is 14.4. The van der Waals surface area contributed by atoms with Crippen molar-refractivity contribution in [3.63, 3.8) is 0 Å². The summed E-state index contributed by atoms with van der Waals surface area (Å²) in [5, 5.41) is 5.46. The highest BCUT2D eigenvalue weighted by atomic mass is 35.5. The summed E-state index contributed by atoms with van der Waals surface area (Å²) in [4.78, 5) is 24.5. The second kappa shape index (κ2) is 8.91. The number of anilines is 2. The van der Waals surface area contributed by atoms with Crippen molar-refractivity contribution in [1.82, 2.24) is 0 Å². The second-order valence-corrected chi connectivity index (χ2v) is 9.75. The zero-order valence-electron chi connectivity index (χ0n) is 15.8. The van der Waals surface area contributed by atoms with Crippen LogP contribution < -0.4 is 10.6 Å². The van der Waals surface area contributed by atoms with Gasteiger partial charge in [0.1, 0.15) is 4.33 Å². The van der Waals surface area contributed by atoms with E-state index in [1.54, 1.807) is 18.2 Å². The van der Waals surface area contributed by atoms with Crippen LogP contribution in [-0.4, -0.2) is 22.1 Å². The molecule has 3 rings (SSSR count). The van der Waals surface area contributed by atoms with E-state index in [2.05, 4.69) is 10.6 Å². The highest BCUT2D eigenvalue weighted by Crippen LogP contribution is 2.65. The normalized spacial score (nSPS) is 19.6. The maximum absolute atomic E-state index is 13.6. The first-order valence-electron chi connectivity index (χ1n) is 9.00. The average Bonchev–Trinajstić information content (AvgIpc) is 3.25. The fourth-order valence-corrected chi connectivity index (χ4v) is 4.65. The van der Waals surface area contributed by atoms with Gasteiger partial charge in [-0.15, -0.1) is 23.2 Å². The van der Waals surface area contributed by atoms with E-state index in [0.717, 1.165) is 0 Å². The molecule has 0 spiro atoms. The van der Waals surface area contributed by atoms with Gasteiger partial charge in [0, 0.05) is 28.1 Å². The van der Waals surface area contributed by atoms with Crippen LogP contribution >= 0.6 is 58.0 Å². The Bertz CT molecular complexity index is 1030. The van der Waals surface area contributed by atoms with Gasteiger partial charge in [0.05, 0.1) is 16.6 Å². The van der Waals surface area contributed by atoms with Gasteiger partial charge in [-0.3, -0.25) is 9.59 Å². The molecule has 31 heavy (non-hydrogen) atoms. The van der Waals surface area contributed by atoms with Crippen LogP contribution in [0.15, 0.2) is 36.4 Å². The molecule has 0 aromatic heterocycles. The summed E-state index contributed by atoms with van der Waals surface area (Å²) >= 11 is 30.7. The maximum Gasteiger partial charge on any atom is 0.324 e. The lowest BCUT2D eigenvalue weighted by Gasteiger charge is -2.15. The standard InChI is InChI=1S/C20H15Cl5F2N2O2/c1-2-19(26,27)18(31)29-14-8-12(3-4-13(14)23)28-17(30)16-15(20(16,24)25)9-5-10(21)7-11(22)6-9/h3-8,15-16H,2H2,1H3,(H,28,30)(H,29,31)/t15-,16+/m0/s1. The van der Waals surface area contributed by atoms with Crippen LogP contribution in [-0.2, 0) is 9.59 Å². The quantitative estimate of drug-likeness (QED) is 0.390. The molecule has 0 unspecified atom stereocenters. The van der Waals surface area contributed by atoms with Gasteiger partial charge in [0.25, 0.3) is 5.91 Å². The first-order valence-corrected chi connectivity index (χ1v) is 10.9. The molecular weight excluding hydrogens is 515 g/mol. The molecule has 0 radical (unpaired) electrons. The van der Waals surface area contributed by atoms with Crippen molar-refractivity contribution in [3.8, 4) is 0 Å². The van der Waals surface area contributed by atoms with E-state index in [4.69, 9.17) is 58.0 Å². The molecule has 2 atom stereocenters. The van der Waals surface area contributed by atoms with E-state index in [0.29, 0.717) is 15.6 Å². The Morgan fingerprint density at radius 1 is 1.03 bits per heavy atom. The van der Waals surface area contributed by atoms with Crippen LogP contribution in [0.5, 0.6) is 0 Å². The third-order valence-electron chi connectivity index (χ3n) is 4.84. The lowest BCUT2D eigenvalue weighted by Crippen LogP contribution is -2.33. The van der Waals surface area contributed by atoms with Crippen molar-refractivity contribution in [3.05, 3.63) is 57.0 Å². The number of halogens is 7. The van der Waals surface area contributed by atoms with Crippen LogP contribution in [0.25, 0.3) is 0 Å². The predicted molar refractivity (Wildman–Crippen MR) is 121 cm³/mol. The monoisotopic (exact) mass is 528 g/mol. The Morgan fingerprint density at radius 3 is 2.23 bits per heavy atom. The van der Waals surface area contributed by atoms with E-state index >= 15 is 0 Å². The van der Waals surface area contributed by atoms with Crippen LogP contribution in [0.1, 0.15) is 24.8 Å². The minimum Gasteiger partial charge on any atom is -0.326 e. The number of hydrogen-bond donors (Lipinski definition) is 2. The topological polar surface area (TPSA) is 58.2 Å². The fourth-order valence-electron chi connectivity index (χ4n) is 3.12. The molecule has 1 aliphatic rings. The van der Waals surface area contributed by atoms with Gasteiger partial charge in [0.2, 0.25) is 5.91 Å². The Labute approximate surface area is 202 Å². The SMILES string of the molecule is CCC(F)(F)C(=O)Nc1cc(NC(=O)[C@H]2[C@H](c3cc(Cl)cc(Cl)c3)C2(Cl)Cl)ccc1Cl. The number of benzene rings is 2. The third kappa shape index (κ3) is 5.20. The van der Waals surface area contributed by atoms with Gasteiger partial charge in [-0.2, -0.15) is 8.78 Å². The van der Waals surface area contributed by atoms with E-state index in [1.807, 2.05) is 0 Å². The van der Waals surface area contributed by atoms with E-state index in [1.165, 1.54) is 25.1 Å². The number of carbonyl (C=O) groups is 2. The third-order valence-corrected chi connectivity index (χ3v) is 6.54. The Morgan fingerprint density at radius 2 is 1.65 bits per heavy atom. The summed E-state index contributed by atoms with van der Waals surface area (Å²) < 4.78 is 25.7. The predicted octanol–water partition coefficient (Wildman–Crippen LogP) is 7.16. The molecule has 1 fully saturated rings. The minimum atomic E-state index is -3.56. The van der Waals surface area contributed by atoms with Gasteiger partial charge in [0.15, 0.2) is 0 Å². The second-order valence-electron chi connectivity index (χ2n) is 7.03. The summed E-state index contributed by atoms with van der Waals surface area (Å²) in [6.07, 6.45) is -0.670. The summed E-state index contributed by atoms with van der Waals surface area (Å²) in [5.41, 5.74) is 0.742. The number of rotatable bonds is 6.